The monoisotopic (exact) mass is 267 g/mol. The average molecular weight is 267 g/mol. The number of thiazole rings is 1. The van der Waals surface area contributed by atoms with E-state index in [9.17, 15) is 0 Å². The van der Waals surface area contributed by atoms with Gasteiger partial charge in [-0.3, -0.25) is 0 Å². The number of aromatic nitrogens is 2. The Labute approximate surface area is 115 Å². The number of hydrogen-bond acceptors (Lipinski definition) is 3. The first-order valence-corrected chi connectivity index (χ1v) is 7.13. The maximum atomic E-state index is 9.10. The Hall–Kier alpha value is -2.12. The van der Waals surface area contributed by atoms with Gasteiger partial charge >= 0.3 is 0 Å². The van der Waals surface area contributed by atoms with E-state index < -0.39 is 0 Å². The lowest BCUT2D eigenvalue weighted by atomic mass is 10.1. The molecule has 0 aliphatic carbocycles. The van der Waals surface area contributed by atoms with Gasteiger partial charge < -0.3 is 4.98 Å². The number of nitrogens with zero attached hydrogens (tertiary/aromatic N) is 2. The van der Waals surface area contributed by atoms with Gasteiger partial charge in [-0.2, -0.15) is 5.26 Å². The van der Waals surface area contributed by atoms with Crippen LogP contribution in [-0.2, 0) is 0 Å². The van der Waals surface area contributed by atoms with Gasteiger partial charge in [-0.1, -0.05) is 25.1 Å². The highest BCUT2D eigenvalue weighted by molar-refractivity contribution is 7.13. The van der Waals surface area contributed by atoms with Crippen molar-refractivity contribution in [3.63, 3.8) is 0 Å². The Morgan fingerprint density at radius 2 is 2.26 bits per heavy atom. The van der Waals surface area contributed by atoms with Crippen molar-refractivity contribution < 1.29 is 0 Å². The van der Waals surface area contributed by atoms with Crippen LogP contribution in [0.5, 0.6) is 0 Å². The number of benzene rings is 1. The van der Waals surface area contributed by atoms with E-state index in [0.29, 0.717) is 0 Å². The van der Waals surface area contributed by atoms with Crippen molar-refractivity contribution in [1.29, 1.82) is 5.26 Å². The third-order valence-electron chi connectivity index (χ3n) is 3.26. The SMILES string of the molecule is CCC(C#N)c1csc(-c2c[nH]c3ccccc23)n1. The number of rotatable bonds is 3. The fourth-order valence-electron chi connectivity index (χ4n) is 2.18. The number of aromatic amines is 1. The second-order valence-electron chi connectivity index (χ2n) is 4.42. The molecule has 1 N–H and O–H groups in total. The maximum absolute atomic E-state index is 9.10. The molecule has 0 bridgehead atoms. The van der Waals surface area contributed by atoms with E-state index in [1.54, 1.807) is 11.3 Å². The standard InChI is InChI=1S/C15H13N3S/c1-2-10(7-16)14-9-19-15(18-14)12-8-17-13-6-4-3-5-11(12)13/h3-6,8-10,17H,2H2,1H3. The zero-order valence-corrected chi connectivity index (χ0v) is 11.4. The summed E-state index contributed by atoms with van der Waals surface area (Å²) in [4.78, 5) is 7.88. The zero-order chi connectivity index (χ0) is 13.2. The number of nitrogens with one attached hydrogen (secondary N) is 1. The van der Waals surface area contributed by atoms with Crippen LogP contribution in [-0.4, -0.2) is 9.97 Å². The fraction of sp³-hybridized carbons (Fsp3) is 0.200. The van der Waals surface area contributed by atoms with Crippen molar-refractivity contribution in [3.8, 4) is 16.6 Å². The molecule has 0 aliphatic heterocycles. The van der Waals surface area contributed by atoms with E-state index in [0.717, 1.165) is 28.2 Å². The molecule has 2 heterocycles. The molecule has 4 heteroatoms. The highest BCUT2D eigenvalue weighted by Crippen LogP contribution is 2.32. The van der Waals surface area contributed by atoms with Crippen LogP contribution in [0.3, 0.4) is 0 Å². The Balaban J connectivity index is 2.06. The highest BCUT2D eigenvalue weighted by atomic mass is 32.1. The molecule has 19 heavy (non-hydrogen) atoms. The molecule has 0 radical (unpaired) electrons. The third kappa shape index (κ3) is 2.02. The largest absolute Gasteiger partial charge is 0.360 e. The molecule has 0 saturated heterocycles. The summed E-state index contributed by atoms with van der Waals surface area (Å²) in [6.07, 6.45) is 2.79. The first kappa shape index (κ1) is 11.9. The van der Waals surface area contributed by atoms with E-state index >= 15 is 0 Å². The molecular weight excluding hydrogens is 254 g/mol. The Morgan fingerprint density at radius 1 is 1.42 bits per heavy atom. The topological polar surface area (TPSA) is 52.5 Å². The Morgan fingerprint density at radius 3 is 3.05 bits per heavy atom. The van der Waals surface area contributed by atoms with Gasteiger partial charge in [-0.25, -0.2) is 4.98 Å². The molecule has 0 amide bonds. The molecular formula is C15H13N3S. The molecule has 1 aromatic carbocycles. The normalized spacial score (nSPS) is 12.4. The fourth-order valence-corrected chi connectivity index (χ4v) is 3.09. The molecule has 0 fully saturated rings. The Kier molecular flexibility index (Phi) is 3.06. The molecule has 1 atom stereocenters. The molecule has 3 rings (SSSR count). The molecule has 94 valence electrons. The van der Waals surface area contributed by atoms with Gasteiger partial charge in [0.15, 0.2) is 0 Å². The molecule has 3 nitrogen and oxygen atoms in total. The Bertz CT molecular complexity index is 748. The molecule has 1 unspecified atom stereocenters. The molecule has 0 aliphatic rings. The highest BCUT2D eigenvalue weighted by Gasteiger charge is 2.15. The number of para-hydroxylation sites is 1. The number of H-pyrrole nitrogens is 1. The minimum absolute atomic E-state index is 0.102. The van der Waals surface area contributed by atoms with E-state index in [2.05, 4.69) is 28.2 Å². The van der Waals surface area contributed by atoms with Gasteiger partial charge in [0.1, 0.15) is 5.01 Å². The van der Waals surface area contributed by atoms with Crippen molar-refractivity contribution in [3.05, 3.63) is 41.5 Å². The second kappa shape index (κ2) is 4.87. The minimum Gasteiger partial charge on any atom is -0.360 e. The average Bonchev–Trinajstić information content (AvgIpc) is 3.06. The van der Waals surface area contributed by atoms with Gasteiger partial charge in [-0.05, 0) is 12.5 Å². The van der Waals surface area contributed by atoms with Gasteiger partial charge in [0, 0.05) is 28.0 Å². The van der Waals surface area contributed by atoms with Crippen LogP contribution in [0.2, 0.25) is 0 Å². The zero-order valence-electron chi connectivity index (χ0n) is 10.6. The van der Waals surface area contributed by atoms with Gasteiger partial charge in [-0.15, -0.1) is 11.3 Å². The van der Waals surface area contributed by atoms with Crippen LogP contribution in [0.15, 0.2) is 35.8 Å². The summed E-state index contributed by atoms with van der Waals surface area (Å²) in [5.41, 5.74) is 3.11. The van der Waals surface area contributed by atoms with Crippen molar-refractivity contribution in [2.75, 3.05) is 0 Å². The van der Waals surface area contributed by atoms with Crippen LogP contribution in [0, 0.1) is 11.3 Å². The van der Waals surface area contributed by atoms with Crippen molar-refractivity contribution >= 4 is 22.2 Å². The predicted octanol–water partition coefficient (Wildman–Crippen LogP) is 4.31. The van der Waals surface area contributed by atoms with E-state index in [-0.39, 0.29) is 5.92 Å². The first-order chi connectivity index (χ1) is 9.33. The molecule has 2 aromatic heterocycles. The summed E-state index contributed by atoms with van der Waals surface area (Å²) in [7, 11) is 0. The lowest BCUT2D eigenvalue weighted by molar-refractivity contribution is 0.795. The van der Waals surface area contributed by atoms with E-state index in [1.165, 1.54) is 5.39 Å². The van der Waals surface area contributed by atoms with E-state index in [1.807, 2.05) is 30.6 Å². The van der Waals surface area contributed by atoms with Crippen molar-refractivity contribution in [1.82, 2.24) is 9.97 Å². The van der Waals surface area contributed by atoms with E-state index in [4.69, 9.17) is 5.26 Å². The van der Waals surface area contributed by atoms with Gasteiger partial charge in [0.2, 0.25) is 0 Å². The van der Waals surface area contributed by atoms with Crippen LogP contribution in [0.4, 0.5) is 0 Å². The summed E-state index contributed by atoms with van der Waals surface area (Å²) in [6, 6.07) is 10.5. The predicted molar refractivity (Wildman–Crippen MR) is 78.1 cm³/mol. The van der Waals surface area contributed by atoms with Gasteiger partial charge in [0.25, 0.3) is 0 Å². The first-order valence-electron chi connectivity index (χ1n) is 6.25. The number of nitriles is 1. The second-order valence-corrected chi connectivity index (χ2v) is 5.27. The van der Waals surface area contributed by atoms with Crippen molar-refractivity contribution in [2.24, 2.45) is 0 Å². The summed E-state index contributed by atoms with van der Waals surface area (Å²) < 4.78 is 0. The molecule has 3 aromatic rings. The van der Waals surface area contributed by atoms with Gasteiger partial charge in [0.05, 0.1) is 17.7 Å². The lowest BCUT2D eigenvalue weighted by Crippen LogP contribution is -1.93. The van der Waals surface area contributed by atoms with Crippen LogP contribution in [0.1, 0.15) is 25.0 Å². The number of hydrogen-bond donors (Lipinski definition) is 1. The van der Waals surface area contributed by atoms with Crippen LogP contribution in [0.25, 0.3) is 21.5 Å². The van der Waals surface area contributed by atoms with Crippen LogP contribution >= 0.6 is 11.3 Å². The smallest absolute Gasteiger partial charge is 0.125 e. The summed E-state index contributed by atoms with van der Waals surface area (Å²) in [6.45, 7) is 2.01. The van der Waals surface area contributed by atoms with Crippen molar-refractivity contribution in [2.45, 2.75) is 19.3 Å². The summed E-state index contributed by atoms with van der Waals surface area (Å²) >= 11 is 1.60. The summed E-state index contributed by atoms with van der Waals surface area (Å²) in [5.74, 6) is -0.102. The molecule has 0 saturated carbocycles. The third-order valence-corrected chi connectivity index (χ3v) is 4.16. The summed E-state index contributed by atoms with van der Waals surface area (Å²) in [5, 5.41) is 13.2. The van der Waals surface area contributed by atoms with Crippen LogP contribution < -0.4 is 0 Å². The quantitative estimate of drug-likeness (QED) is 0.768. The number of fused-ring (bicyclic) bond motifs is 1. The minimum atomic E-state index is -0.102. The molecule has 0 spiro atoms. The lowest BCUT2D eigenvalue weighted by Gasteiger charge is -1.99. The maximum Gasteiger partial charge on any atom is 0.125 e.